The van der Waals surface area contributed by atoms with Gasteiger partial charge in [0.15, 0.2) is 0 Å². The van der Waals surface area contributed by atoms with Gasteiger partial charge in [0.1, 0.15) is 0 Å². The highest BCUT2D eigenvalue weighted by atomic mass is 16.1. The van der Waals surface area contributed by atoms with Crippen molar-refractivity contribution >= 4 is 5.91 Å². The van der Waals surface area contributed by atoms with Crippen LogP contribution in [0.2, 0.25) is 0 Å². The van der Waals surface area contributed by atoms with Gasteiger partial charge in [-0.05, 0) is 30.5 Å². The monoisotopic (exact) mass is 284 g/mol. The normalized spacial score (nSPS) is 15.7. The molecule has 0 heterocycles. The van der Waals surface area contributed by atoms with Gasteiger partial charge in [-0.2, -0.15) is 0 Å². The minimum atomic E-state index is 0.202. The van der Waals surface area contributed by atoms with Crippen LogP contribution in [0.25, 0.3) is 0 Å². The molecule has 21 heavy (non-hydrogen) atoms. The van der Waals surface area contributed by atoms with Crippen molar-refractivity contribution in [3.63, 3.8) is 0 Å². The van der Waals surface area contributed by atoms with E-state index in [0.29, 0.717) is 13.1 Å². The van der Waals surface area contributed by atoms with E-state index in [1.54, 1.807) is 0 Å². The first kappa shape index (κ1) is 15.6. The average Bonchev–Trinajstić information content (AvgIpc) is 2.80. The summed E-state index contributed by atoms with van der Waals surface area (Å²) in [7, 11) is 0. The molecule has 1 fully saturated rings. The summed E-state index contributed by atoms with van der Waals surface area (Å²) in [6, 6.07) is 7.95. The molecule has 1 aromatic rings. The minimum absolute atomic E-state index is 0.202. The summed E-state index contributed by atoms with van der Waals surface area (Å²) < 4.78 is 0. The Hall–Kier alpha value is -1.79. The van der Waals surface area contributed by atoms with Crippen molar-refractivity contribution in [2.75, 3.05) is 6.54 Å². The van der Waals surface area contributed by atoms with Crippen molar-refractivity contribution < 1.29 is 4.79 Å². The Morgan fingerprint density at radius 1 is 1.24 bits per heavy atom. The molecule has 1 aromatic carbocycles. The second kappa shape index (κ2) is 8.49. The Morgan fingerprint density at radius 2 is 2.00 bits per heavy atom. The van der Waals surface area contributed by atoms with Crippen molar-refractivity contribution in [2.45, 2.75) is 45.1 Å². The first-order valence-corrected chi connectivity index (χ1v) is 7.85. The number of benzene rings is 1. The fourth-order valence-electron chi connectivity index (χ4n) is 2.79. The van der Waals surface area contributed by atoms with E-state index < -0.39 is 0 Å². The van der Waals surface area contributed by atoms with Gasteiger partial charge in [0.25, 0.3) is 0 Å². The Balaban J connectivity index is 1.88. The Kier molecular flexibility index (Phi) is 6.30. The van der Waals surface area contributed by atoms with Gasteiger partial charge < -0.3 is 11.1 Å². The summed E-state index contributed by atoms with van der Waals surface area (Å²) in [5.41, 5.74) is 7.41. The average molecular weight is 284 g/mol. The van der Waals surface area contributed by atoms with Crippen molar-refractivity contribution in [1.82, 2.24) is 5.32 Å². The van der Waals surface area contributed by atoms with Crippen LogP contribution in [0.3, 0.4) is 0 Å². The smallest absolute Gasteiger partial charge is 0.223 e. The summed E-state index contributed by atoms with van der Waals surface area (Å²) in [5, 5.41) is 3.07. The van der Waals surface area contributed by atoms with Crippen LogP contribution in [0.4, 0.5) is 0 Å². The molecule has 112 valence electrons. The van der Waals surface area contributed by atoms with Gasteiger partial charge in [-0.3, -0.25) is 4.79 Å². The number of nitrogens with two attached hydrogens (primary N) is 1. The van der Waals surface area contributed by atoms with E-state index in [0.717, 1.165) is 24.0 Å². The van der Waals surface area contributed by atoms with Gasteiger partial charge in [0.05, 0.1) is 6.54 Å². The van der Waals surface area contributed by atoms with Crippen LogP contribution in [-0.4, -0.2) is 12.5 Å². The Morgan fingerprint density at radius 3 is 2.71 bits per heavy atom. The predicted molar refractivity (Wildman–Crippen MR) is 85.4 cm³/mol. The number of hydrogen-bond acceptors (Lipinski definition) is 2. The van der Waals surface area contributed by atoms with Crippen LogP contribution < -0.4 is 11.1 Å². The quantitative estimate of drug-likeness (QED) is 0.662. The summed E-state index contributed by atoms with van der Waals surface area (Å²) in [4.78, 5) is 12.2. The van der Waals surface area contributed by atoms with Gasteiger partial charge in [-0.25, -0.2) is 0 Å². The molecule has 3 heteroatoms. The molecule has 0 unspecified atom stereocenters. The number of nitrogens with one attached hydrogen (secondary N) is 1. The van der Waals surface area contributed by atoms with Crippen LogP contribution >= 0.6 is 0 Å². The highest BCUT2D eigenvalue weighted by molar-refractivity contribution is 5.78. The van der Waals surface area contributed by atoms with Crippen LogP contribution in [0, 0.1) is 17.8 Å². The van der Waals surface area contributed by atoms with Crippen LogP contribution in [0.1, 0.15) is 49.7 Å². The number of carbonyl (C=O) groups is 1. The van der Waals surface area contributed by atoms with Gasteiger partial charge in [-0.1, -0.05) is 49.7 Å². The first-order valence-electron chi connectivity index (χ1n) is 7.85. The van der Waals surface area contributed by atoms with E-state index in [9.17, 15) is 4.79 Å². The fourth-order valence-corrected chi connectivity index (χ4v) is 2.79. The molecule has 2 rings (SSSR count). The lowest BCUT2D eigenvalue weighted by molar-refractivity contribution is -0.125. The molecule has 1 saturated carbocycles. The third kappa shape index (κ3) is 5.24. The molecule has 0 spiro atoms. The molecule has 1 aliphatic carbocycles. The van der Waals surface area contributed by atoms with E-state index in [4.69, 9.17) is 5.73 Å². The fraction of sp³-hybridized carbons (Fsp3) is 0.500. The summed E-state index contributed by atoms with van der Waals surface area (Å²) in [5.74, 6) is 6.27. The lowest BCUT2D eigenvalue weighted by Crippen LogP contribution is -2.30. The number of amides is 1. The molecule has 3 nitrogen and oxygen atoms in total. The van der Waals surface area contributed by atoms with Crippen LogP contribution in [0.5, 0.6) is 0 Å². The van der Waals surface area contributed by atoms with Gasteiger partial charge >= 0.3 is 0 Å². The number of carbonyl (C=O) groups excluding carboxylic acids is 1. The summed E-state index contributed by atoms with van der Waals surface area (Å²) in [6.07, 6.45) is 6.98. The molecule has 0 aliphatic heterocycles. The maximum absolute atomic E-state index is 12.2. The van der Waals surface area contributed by atoms with E-state index in [1.165, 1.54) is 25.7 Å². The number of hydrogen-bond donors (Lipinski definition) is 2. The number of rotatable bonds is 3. The largest absolute Gasteiger partial charge is 0.352 e. The maximum atomic E-state index is 12.2. The lowest BCUT2D eigenvalue weighted by Gasteiger charge is -2.14. The zero-order valence-corrected chi connectivity index (χ0v) is 12.5. The minimum Gasteiger partial charge on any atom is -0.352 e. The standard InChI is InChI=1S/C18H24N2O/c19-12-6-9-15-7-5-8-16(13-15)14-20-18(21)17-10-3-1-2-4-11-17/h5,7-8,13,17H,1-4,10-12,14,19H2,(H,20,21). The topological polar surface area (TPSA) is 55.1 Å². The maximum Gasteiger partial charge on any atom is 0.223 e. The second-order valence-electron chi connectivity index (χ2n) is 5.61. The predicted octanol–water partition coefficient (Wildman–Crippen LogP) is 2.58. The first-order chi connectivity index (χ1) is 10.3. The lowest BCUT2D eigenvalue weighted by atomic mass is 9.99. The van der Waals surface area contributed by atoms with Gasteiger partial charge in [0.2, 0.25) is 5.91 Å². The molecule has 0 radical (unpaired) electrons. The zero-order chi connectivity index (χ0) is 14.9. The molecule has 1 aliphatic rings. The van der Waals surface area contributed by atoms with Crippen molar-refractivity contribution in [2.24, 2.45) is 11.7 Å². The highest BCUT2D eigenvalue weighted by Crippen LogP contribution is 2.22. The van der Waals surface area contributed by atoms with Crippen LogP contribution in [0.15, 0.2) is 24.3 Å². The molecule has 0 saturated heterocycles. The van der Waals surface area contributed by atoms with E-state index in [1.807, 2.05) is 24.3 Å². The van der Waals surface area contributed by atoms with E-state index in [2.05, 4.69) is 17.2 Å². The van der Waals surface area contributed by atoms with Crippen LogP contribution in [-0.2, 0) is 11.3 Å². The SMILES string of the molecule is NCC#Cc1cccc(CNC(=O)C2CCCCCC2)c1. The third-order valence-electron chi connectivity index (χ3n) is 3.95. The third-order valence-corrected chi connectivity index (χ3v) is 3.95. The van der Waals surface area contributed by atoms with Gasteiger partial charge in [0, 0.05) is 18.0 Å². The summed E-state index contributed by atoms with van der Waals surface area (Å²) in [6.45, 7) is 0.941. The molecule has 0 atom stereocenters. The zero-order valence-electron chi connectivity index (χ0n) is 12.5. The molecule has 0 aromatic heterocycles. The highest BCUT2D eigenvalue weighted by Gasteiger charge is 2.19. The van der Waals surface area contributed by atoms with Crippen molar-refractivity contribution in [1.29, 1.82) is 0 Å². The Bertz CT molecular complexity index is 520. The molecular weight excluding hydrogens is 260 g/mol. The van der Waals surface area contributed by atoms with E-state index >= 15 is 0 Å². The molecule has 3 N–H and O–H groups in total. The van der Waals surface area contributed by atoms with Gasteiger partial charge in [-0.15, -0.1) is 0 Å². The second-order valence-corrected chi connectivity index (χ2v) is 5.61. The molecular formula is C18H24N2O. The summed E-state index contributed by atoms with van der Waals surface area (Å²) >= 11 is 0. The van der Waals surface area contributed by atoms with Crippen molar-refractivity contribution in [3.8, 4) is 11.8 Å². The molecule has 1 amide bonds. The molecule has 0 bridgehead atoms. The van der Waals surface area contributed by atoms with E-state index in [-0.39, 0.29) is 11.8 Å². The Labute approximate surface area is 127 Å². The van der Waals surface area contributed by atoms with Crippen molar-refractivity contribution in [3.05, 3.63) is 35.4 Å².